The fourth-order valence-corrected chi connectivity index (χ4v) is 3.58. The van der Waals surface area contributed by atoms with E-state index < -0.39 is 70.2 Å². The molecule has 0 aliphatic heterocycles. The molecule has 11 heteroatoms. The molecule has 0 aliphatic rings. The molecule has 0 N–H and O–H groups in total. The highest BCUT2D eigenvalue weighted by Crippen LogP contribution is 2.36. The van der Waals surface area contributed by atoms with E-state index in [4.69, 9.17) is 4.74 Å². The lowest BCUT2D eigenvalue weighted by Crippen LogP contribution is -2.23. The van der Waals surface area contributed by atoms with Crippen LogP contribution in [0.1, 0.15) is 37.3 Å². The van der Waals surface area contributed by atoms with Gasteiger partial charge in [-0.2, -0.15) is 8.78 Å². The minimum Gasteiger partial charge on any atom is -0.493 e. The van der Waals surface area contributed by atoms with Crippen molar-refractivity contribution >= 4 is 0 Å². The summed E-state index contributed by atoms with van der Waals surface area (Å²) < 4.78 is 137. The lowest BCUT2D eigenvalue weighted by Gasteiger charge is -2.19. The molecule has 0 aromatic heterocycles. The number of hydrogen-bond acceptors (Lipinski definition) is 2. The highest BCUT2D eigenvalue weighted by Gasteiger charge is 2.38. The van der Waals surface area contributed by atoms with Crippen LogP contribution in [-0.2, 0) is 6.11 Å². The van der Waals surface area contributed by atoms with Crippen LogP contribution in [0.15, 0.2) is 84.7 Å². The second-order valence-electron chi connectivity index (χ2n) is 8.84. The molecule has 43 heavy (non-hydrogen) atoms. The van der Waals surface area contributed by atoms with Gasteiger partial charge in [0.1, 0.15) is 34.8 Å². The Hall–Kier alpha value is -4.59. The minimum atomic E-state index is -4.41. The lowest BCUT2D eigenvalue weighted by atomic mass is 10.0. The summed E-state index contributed by atoms with van der Waals surface area (Å²) in [6.07, 6.45) is -2.43. The van der Waals surface area contributed by atoms with Crippen LogP contribution in [0.25, 0.3) is 11.1 Å². The van der Waals surface area contributed by atoms with Gasteiger partial charge in [0.2, 0.25) is 0 Å². The number of rotatable bonds is 11. The van der Waals surface area contributed by atoms with Crippen molar-refractivity contribution in [2.24, 2.45) is 0 Å². The van der Waals surface area contributed by atoms with Crippen molar-refractivity contribution in [2.75, 3.05) is 6.61 Å². The van der Waals surface area contributed by atoms with Crippen LogP contribution in [-0.4, -0.2) is 6.61 Å². The normalized spacial score (nSPS) is 12.3. The summed E-state index contributed by atoms with van der Waals surface area (Å²) >= 11 is 0. The number of unbranched alkanes of at least 4 members (excludes halogenated alkanes) is 1. The first-order chi connectivity index (χ1) is 20.4. The molecule has 0 amide bonds. The van der Waals surface area contributed by atoms with Crippen molar-refractivity contribution in [2.45, 2.75) is 32.3 Å². The Bertz CT molecular complexity index is 1590. The summed E-state index contributed by atoms with van der Waals surface area (Å²) in [7, 11) is 0. The largest absolute Gasteiger partial charge is 0.493 e. The monoisotopic (exact) mass is 610 g/mol. The maximum atomic E-state index is 14.8. The van der Waals surface area contributed by atoms with Crippen LogP contribution in [0.3, 0.4) is 0 Å². The summed E-state index contributed by atoms with van der Waals surface area (Å²) in [4.78, 5) is 0. The SMILES string of the molecule is C=C/C(F)=C(F)\C(F)=C/CC#Cc1c(F)cc(OC(F)(F)c2ccc(-c3ccc(OCCCC)cc3F)cc2F)cc1F. The summed E-state index contributed by atoms with van der Waals surface area (Å²) in [5.74, 6) is -6.83. The smallest absolute Gasteiger partial charge is 0.429 e. The number of halogens is 9. The molecule has 0 saturated carbocycles. The molecule has 0 spiro atoms. The first-order valence-electron chi connectivity index (χ1n) is 12.7. The molecule has 0 fully saturated rings. The van der Waals surface area contributed by atoms with Gasteiger partial charge in [-0.05, 0) is 48.4 Å². The van der Waals surface area contributed by atoms with Crippen molar-refractivity contribution < 1.29 is 49.0 Å². The van der Waals surface area contributed by atoms with Crippen molar-refractivity contribution in [1.29, 1.82) is 0 Å². The Morgan fingerprint density at radius 3 is 2.16 bits per heavy atom. The summed E-state index contributed by atoms with van der Waals surface area (Å²) in [5.41, 5.74) is -2.34. The fourth-order valence-electron chi connectivity index (χ4n) is 3.58. The van der Waals surface area contributed by atoms with Crippen molar-refractivity contribution in [1.82, 2.24) is 0 Å². The number of alkyl halides is 2. The van der Waals surface area contributed by atoms with Gasteiger partial charge in [0.05, 0.1) is 17.7 Å². The lowest BCUT2D eigenvalue weighted by molar-refractivity contribution is -0.187. The van der Waals surface area contributed by atoms with Gasteiger partial charge in [0.15, 0.2) is 17.5 Å². The molecular weight excluding hydrogens is 587 g/mol. The molecule has 3 aromatic carbocycles. The second kappa shape index (κ2) is 14.5. The highest BCUT2D eigenvalue weighted by molar-refractivity contribution is 5.65. The van der Waals surface area contributed by atoms with Gasteiger partial charge in [-0.3, -0.25) is 0 Å². The number of allylic oxidation sites excluding steroid dienone is 5. The third-order valence-corrected chi connectivity index (χ3v) is 5.76. The summed E-state index contributed by atoms with van der Waals surface area (Å²) in [6, 6.07) is 6.91. The Morgan fingerprint density at radius 1 is 0.884 bits per heavy atom. The fraction of sp³-hybridized carbons (Fsp3) is 0.188. The van der Waals surface area contributed by atoms with Gasteiger partial charge in [-0.25, -0.2) is 30.7 Å². The van der Waals surface area contributed by atoms with Crippen LogP contribution in [0.2, 0.25) is 0 Å². The molecule has 3 aromatic rings. The second-order valence-corrected chi connectivity index (χ2v) is 8.84. The topological polar surface area (TPSA) is 18.5 Å². The number of hydrogen-bond donors (Lipinski definition) is 0. The van der Waals surface area contributed by atoms with E-state index in [1.165, 1.54) is 12.1 Å². The molecular formula is C32H23F9O2. The zero-order chi connectivity index (χ0) is 31.7. The number of ether oxygens (including phenoxy) is 2. The predicted octanol–water partition coefficient (Wildman–Crippen LogP) is 10.1. The molecule has 0 saturated heterocycles. The summed E-state index contributed by atoms with van der Waals surface area (Å²) in [6.45, 7) is 5.26. The Kier molecular flexibility index (Phi) is 11.1. The maximum absolute atomic E-state index is 14.8. The molecule has 226 valence electrons. The average Bonchev–Trinajstić information content (AvgIpc) is 2.95. The van der Waals surface area contributed by atoms with Gasteiger partial charge in [-0.1, -0.05) is 37.8 Å². The third-order valence-electron chi connectivity index (χ3n) is 5.76. The molecule has 0 atom stereocenters. The Labute approximate surface area is 241 Å². The van der Waals surface area contributed by atoms with E-state index in [-0.39, 0.29) is 16.9 Å². The van der Waals surface area contributed by atoms with Crippen LogP contribution in [0.5, 0.6) is 11.5 Å². The zero-order valence-electron chi connectivity index (χ0n) is 22.5. The van der Waals surface area contributed by atoms with Crippen molar-refractivity contribution in [3.05, 3.63) is 119 Å². The van der Waals surface area contributed by atoms with Crippen molar-refractivity contribution in [3.8, 4) is 34.5 Å². The van der Waals surface area contributed by atoms with E-state index in [1.54, 1.807) is 0 Å². The van der Waals surface area contributed by atoms with E-state index in [0.29, 0.717) is 43.0 Å². The molecule has 0 heterocycles. The molecule has 0 bridgehead atoms. The van der Waals surface area contributed by atoms with E-state index in [0.717, 1.165) is 25.0 Å². The highest BCUT2D eigenvalue weighted by atomic mass is 19.3. The average molecular weight is 611 g/mol. The van der Waals surface area contributed by atoms with E-state index in [1.807, 2.05) is 12.8 Å². The number of benzene rings is 3. The molecule has 0 aliphatic carbocycles. The summed E-state index contributed by atoms with van der Waals surface area (Å²) in [5, 5.41) is 0. The van der Waals surface area contributed by atoms with Gasteiger partial charge < -0.3 is 9.47 Å². The third kappa shape index (κ3) is 8.47. The van der Waals surface area contributed by atoms with Crippen LogP contribution in [0, 0.1) is 35.1 Å². The Balaban J connectivity index is 1.77. The first kappa shape index (κ1) is 32.9. The van der Waals surface area contributed by atoms with Gasteiger partial charge in [0, 0.05) is 30.2 Å². The van der Waals surface area contributed by atoms with Gasteiger partial charge >= 0.3 is 6.11 Å². The quantitative estimate of drug-likeness (QED) is 0.0931. The molecule has 0 unspecified atom stereocenters. The van der Waals surface area contributed by atoms with E-state index in [2.05, 4.69) is 17.2 Å². The first-order valence-corrected chi connectivity index (χ1v) is 12.7. The zero-order valence-corrected chi connectivity index (χ0v) is 22.5. The molecule has 3 rings (SSSR count). The van der Waals surface area contributed by atoms with Crippen LogP contribution < -0.4 is 9.47 Å². The van der Waals surface area contributed by atoms with Crippen LogP contribution >= 0.6 is 0 Å². The van der Waals surface area contributed by atoms with Crippen LogP contribution in [0.4, 0.5) is 39.5 Å². The van der Waals surface area contributed by atoms with Crippen molar-refractivity contribution in [3.63, 3.8) is 0 Å². The minimum absolute atomic E-state index is 0.0611. The molecule has 2 nitrogen and oxygen atoms in total. The van der Waals surface area contributed by atoms with Gasteiger partial charge in [-0.15, -0.1) is 0 Å². The standard InChI is InChI=1S/C32H23F9O2/c1-3-5-14-42-20-11-12-22(27(35)16-20)19-10-13-24(30(38)15-19)32(40,41)43-21-17-28(36)23(29(37)18-21)8-6-7-9-26(34)31(39)25(33)4-2/h4,9-13,15-18H,2-3,5,7,14H2,1H3/b26-9+,31-25-. The van der Waals surface area contributed by atoms with Gasteiger partial charge in [0.25, 0.3) is 0 Å². The van der Waals surface area contributed by atoms with E-state index >= 15 is 0 Å². The predicted molar refractivity (Wildman–Crippen MR) is 143 cm³/mol. The maximum Gasteiger partial charge on any atom is 0.429 e. The molecule has 0 radical (unpaired) electrons. The Morgan fingerprint density at radius 2 is 1.56 bits per heavy atom. The van der Waals surface area contributed by atoms with E-state index in [9.17, 15) is 39.5 Å².